The van der Waals surface area contributed by atoms with E-state index in [-0.39, 0.29) is 17.6 Å². The van der Waals surface area contributed by atoms with Crippen molar-refractivity contribution in [2.75, 3.05) is 13.1 Å². The summed E-state index contributed by atoms with van der Waals surface area (Å²) in [6, 6.07) is 2.10. The van der Waals surface area contributed by atoms with Crippen LogP contribution >= 0.6 is 0 Å². The second-order valence-corrected chi connectivity index (χ2v) is 3.62. The highest BCUT2D eigenvalue weighted by Crippen LogP contribution is 2.03. The fourth-order valence-corrected chi connectivity index (χ4v) is 1.31. The summed E-state index contributed by atoms with van der Waals surface area (Å²) in [5.74, 6) is 0.329. The number of nitriles is 1. The maximum atomic E-state index is 11.9. The molecule has 0 spiro atoms. The van der Waals surface area contributed by atoms with Crippen molar-refractivity contribution in [2.24, 2.45) is 5.92 Å². The number of amides is 1. The molecule has 1 aromatic heterocycles. The average molecular weight is 221 g/mol. The maximum absolute atomic E-state index is 11.9. The Kier molecular flexibility index (Phi) is 4.00. The topological polar surface area (TPSA) is 85.7 Å². The van der Waals surface area contributed by atoms with E-state index in [4.69, 9.17) is 5.26 Å². The van der Waals surface area contributed by atoms with Crippen molar-refractivity contribution in [3.05, 3.63) is 11.6 Å². The molecular formula is C10H15N5O. The van der Waals surface area contributed by atoms with Crippen LogP contribution in [-0.2, 0) is 0 Å². The summed E-state index contributed by atoms with van der Waals surface area (Å²) in [5.41, 5.74) is 0. The van der Waals surface area contributed by atoms with Crippen molar-refractivity contribution >= 4 is 5.91 Å². The second kappa shape index (κ2) is 5.26. The van der Waals surface area contributed by atoms with Gasteiger partial charge in [0.15, 0.2) is 0 Å². The lowest BCUT2D eigenvalue weighted by atomic mass is 10.2. The molecule has 0 saturated heterocycles. The molecular weight excluding hydrogens is 206 g/mol. The number of nitrogens with zero attached hydrogens (tertiary/aromatic N) is 4. The number of aryl methyl sites for hydroxylation is 1. The molecule has 1 aromatic rings. The maximum Gasteiger partial charge on any atom is 0.293 e. The zero-order valence-electron chi connectivity index (χ0n) is 9.69. The molecule has 1 unspecified atom stereocenters. The molecule has 16 heavy (non-hydrogen) atoms. The molecule has 0 aliphatic rings. The van der Waals surface area contributed by atoms with Gasteiger partial charge < -0.3 is 4.90 Å². The molecule has 0 saturated carbocycles. The minimum absolute atomic E-state index is 0.157. The fourth-order valence-electron chi connectivity index (χ4n) is 1.31. The lowest BCUT2D eigenvalue weighted by molar-refractivity contribution is 0.0741. The first kappa shape index (κ1) is 12.2. The van der Waals surface area contributed by atoms with Gasteiger partial charge >= 0.3 is 0 Å². The molecule has 0 aliphatic heterocycles. The number of hydrogen-bond acceptors (Lipinski definition) is 4. The smallest absolute Gasteiger partial charge is 0.293 e. The van der Waals surface area contributed by atoms with Crippen molar-refractivity contribution in [1.29, 1.82) is 5.26 Å². The Morgan fingerprint density at radius 2 is 2.38 bits per heavy atom. The van der Waals surface area contributed by atoms with E-state index in [9.17, 15) is 4.79 Å². The number of H-pyrrole nitrogens is 1. The molecule has 0 bridgehead atoms. The monoisotopic (exact) mass is 221 g/mol. The number of rotatable bonds is 4. The third-order valence-corrected chi connectivity index (χ3v) is 2.17. The molecule has 0 fully saturated rings. The number of aromatic amines is 1. The number of carbonyl (C=O) groups is 1. The third kappa shape index (κ3) is 2.79. The fraction of sp³-hybridized carbons (Fsp3) is 0.600. The molecule has 1 heterocycles. The van der Waals surface area contributed by atoms with Crippen molar-refractivity contribution in [3.63, 3.8) is 0 Å². The van der Waals surface area contributed by atoms with E-state index in [0.29, 0.717) is 18.9 Å². The van der Waals surface area contributed by atoms with Gasteiger partial charge in [0, 0.05) is 13.1 Å². The number of carbonyl (C=O) groups excluding carboxylic acids is 1. The third-order valence-electron chi connectivity index (χ3n) is 2.17. The Morgan fingerprint density at radius 3 is 2.81 bits per heavy atom. The van der Waals surface area contributed by atoms with E-state index in [1.807, 2.05) is 6.92 Å². The zero-order valence-corrected chi connectivity index (χ0v) is 9.69. The number of aromatic nitrogens is 3. The van der Waals surface area contributed by atoms with Crippen LogP contribution in [0.25, 0.3) is 0 Å². The van der Waals surface area contributed by atoms with Crippen LogP contribution in [0.3, 0.4) is 0 Å². The molecule has 0 aliphatic carbocycles. The summed E-state index contributed by atoms with van der Waals surface area (Å²) in [4.78, 5) is 17.4. The second-order valence-electron chi connectivity index (χ2n) is 3.62. The summed E-state index contributed by atoms with van der Waals surface area (Å²) in [6.07, 6.45) is 0. The Labute approximate surface area is 94.3 Å². The predicted molar refractivity (Wildman–Crippen MR) is 57.5 cm³/mol. The minimum Gasteiger partial charge on any atom is -0.335 e. The average Bonchev–Trinajstić information content (AvgIpc) is 2.71. The van der Waals surface area contributed by atoms with Crippen LogP contribution in [0.15, 0.2) is 0 Å². The molecule has 0 radical (unpaired) electrons. The van der Waals surface area contributed by atoms with E-state index in [0.717, 1.165) is 0 Å². The highest BCUT2D eigenvalue weighted by molar-refractivity contribution is 5.90. The van der Waals surface area contributed by atoms with E-state index in [2.05, 4.69) is 21.3 Å². The van der Waals surface area contributed by atoms with Gasteiger partial charge in [-0.15, -0.1) is 5.10 Å². The molecule has 1 amide bonds. The van der Waals surface area contributed by atoms with Crippen LogP contribution in [0.5, 0.6) is 0 Å². The van der Waals surface area contributed by atoms with Crippen molar-refractivity contribution < 1.29 is 4.79 Å². The van der Waals surface area contributed by atoms with Gasteiger partial charge in [-0.2, -0.15) is 5.26 Å². The van der Waals surface area contributed by atoms with Crippen LogP contribution in [0.4, 0.5) is 0 Å². The number of hydrogen-bond donors (Lipinski definition) is 1. The van der Waals surface area contributed by atoms with Gasteiger partial charge in [0.25, 0.3) is 5.91 Å². The Hall–Kier alpha value is -1.90. The molecule has 6 heteroatoms. The summed E-state index contributed by atoms with van der Waals surface area (Å²) >= 11 is 0. The highest BCUT2D eigenvalue weighted by atomic mass is 16.2. The predicted octanol–water partition coefficient (Wildman–Crippen LogP) is 0.735. The van der Waals surface area contributed by atoms with Gasteiger partial charge in [-0.1, -0.05) is 0 Å². The molecule has 1 rings (SSSR count). The van der Waals surface area contributed by atoms with Gasteiger partial charge in [-0.3, -0.25) is 9.89 Å². The van der Waals surface area contributed by atoms with Crippen molar-refractivity contribution in [1.82, 2.24) is 20.1 Å². The SMILES string of the molecule is CCN(CC(C)C#N)C(=O)c1n[nH]c(C)n1. The molecule has 1 N–H and O–H groups in total. The zero-order chi connectivity index (χ0) is 12.1. The molecule has 0 aromatic carbocycles. The van der Waals surface area contributed by atoms with Crippen LogP contribution in [0.1, 0.15) is 30.3 Å². The quantitative estimate of drug-likeness (QED) is 0.812. The summed E-state index contributed by atoms with van der Waals surface area (Å²) in [6.45, 7) is 6.32. The largest absolute Gasteiger partial charge is 0.335 e. The Balaban J connectivity index is 2.74. The van der Waals surface area contributed by atoms with Gasteiger partial charge in [0.1, 0.15) is 5.82 Å². The molecule has 6 nitrogen and oxygen atoms in total. The van der Waals surface area contributed by atoms with Crippen LogP contribution in [0, 0.1) is 24.2 Å². The van der Waals surface area contributed by atoms with E-state index < -0.39 is 0 Å². The van der Waals surface area contributed by atoms with E-state index in [1.165, 1.54) is 0 Å². The van der Waals surface area contributed by atoms with Gasteiger partial charge in [0.2, 0.25) is 5.82 Å². The van der Waals surface area contributed by atoms with Crippen LogP contribution in [0.2, 0.25) is 0 Å². The Morgan fingerprint density at radius 1 is 1.69 bits per heavy atom. The van der Waals surface area contributed by atoms with E-state index >= 15 is 0 Å². The van der Waals surface area contributed by atoms with Crippen molar-refractivity contribution in [3.8, 4) is 6.07 Å². The first-order valence-corrected chi connectivity index (χ1v) is 5.16. The highest BCUT2D eigenvalue weighted by Gasteiger charge is 2.19. The van der Waals surface area contributed by atoms with Crippen LogP contribution in [-0.4, -0.2) is 39.1 Å². The van der Waals surface area contributed by atoms with Gasteiger partial charge in [0.05, 0.1) is 12.0 Å². The summed E-state index contributed by atoms with van der Waals surface area (Å²) in [5, 5.41) is 15.1. The van der Waals surface area contributed by atoms with Gasteiger partial charge in [-0.25, -0.2) is 4.98 Å². The Bertz CT molecular complexity index is 406. The lowest BCUT2D eigenvalue weighted by Gasteiger charge is -2.20. The first-order valence-electron chi connectivity index (χ1n) is 5.16. The lowest BCUT2D eigenvalue weighted by Crippen LogP contribution is -2.35. The van der Waals surface area contributed by atoms with Crippen molar-refractivity contribution in [2.45, 2.75) is 20.8 Å². The normalized spacial score (nSPS) is 11.9. The first-order chi connectivity index (χ1) is 7.58. The molecule has 1 atom stereocenters. The summed E-state index contributed by atoms with van der Waals surface area (Å²) in [7, 11) is 0. The molecule has 86 valence electrons. The van der Waals surface area contributed by atoms with Gasteiger partial charge in [-0.05, 0) is 20.8 Å². The minimum atomic E-state index is -0.242. The number of nitrogens with one attached hydrogen (secondary N) is 1. The van der Waals surface area contributed by atoms with Crippen LogP contribution < -0.4 is 0 Å². The van der Waals surface area contributed by atoms with E-state index in [1.54, 1.807) is 18.7 Å². The summed E-state index contributed by atoms with van der Waals surface area (Å²) < 4.78 is 0. The standard InChI is InChI=1S/C10H15N5O/c1-4-15(6-7(2)5-11)10(16)9-12-8(3)13-14-9/h7H,4,6H2,1-3H3,(H,12,13,14).